The lowest BCUT2D eigenvalue weighted by Gasteiger charge is -2.19. The van der Waals surface area contributed by atoms with E-state index in [4.69, 9.17) is 5.73 Å². The number of rotatable bonds is 6. The number of hydrogen-bond acceptors (Lipinski definition) is 3. The van der Waals surface area contributed by atoms with Crippen LogP contribution >= 0.6 is 0 Å². The Bertz CT molecular complexity index is 280. The molecule has 0 saturated carbocycles. The van der Waals surface area contributed by atoms with Crippen molar-refractivity contribution >= 4 is 0 Å². The summed E-state index contributed by atoms with van der Waals surface area (Å²) in [5.41, 5.74) is 5.70. The molecule has 1 aromatic rings. The maximum absolute atomic E-state index is 5.70. The highest BCUT2D eigenvalue weighted by atomic mass is 15.1. The van der Waals surface area contributed by atoms with Crippen LogP contribution in [0.1, 0.15) is 19.7 Å². The third kappa shape index (κ3) is 3.64. The van der Waals surface area contributed by atoms with Crippen LogP contribution < -0.4 is 11.1 Å². The molecule has 0 radical (unpaired) electrons. The summed E-state index contributed by atoms with van der Waals surface area (Å²) in [7, 11) is 2.01. The van der Waals surface area contributed by atoms with E-state index in [-0.39, 0.29) is 0 Å². The van der Waals surface area contributed by atoms with Crippen molar-refractivity contribution in [3.63, 3.8) is 0 Å². The molecule has 1 aromatic heterocycles. The maximum Gasteiger partial charge on any atom is 0.122 e. The van der Waals surface area contributed by atoms with Gasteiger partial charge in [-0.25, -0.2) is 4.98 Å². The van der Waals surface area contributed by atoms with Gasteiger partial charge in [-0.2, -0.15) is 0 Å². The van der Waals surface area contributed by atoms with Gasteiger partial charge in [-0.3, -0.25) is 0 Å². The summed E-state index contributed by atoms with van der Waals surface area (Å²) in [5.74, 6) is 2.24. The van der Waals surface area contributed by atoms with Gasteiger partial charge in [-0.1, -0.05) is 13.8 Å². The highest BCUT2D eigenvalue weighted by molar-refractivity contribution is 4.90. The molecule has 0 amide bonds. The summed E-state index contributed by atoms with van der Waals surface area (Å²) in [4.78, 5) is 4.25. The summed E-state index contributed by atoms with van der Waals surface area (Å²) in [6.07, 6.45) is 3.78. The lowest BCUT2D eigenvalue weighted by Crippen LogP contribution is -2.31. The van der Waals surface area contributed by atoms with Gasteiger partial charge in [0.25, 0.3) is 0 Å². The fraction of sp³-hybridized carbons (Fsp3) is 0.727. The van der Waals surface area contributed by atoms with Gasteiger partial charge in [0.15, 0.2) is 0 Å². The molecule has 4 heteroatoms. The van der Waals surface area contributed by atoms with Crippen LogP contribution in [-0.4, -0.2) is 22.6 Å². The zero-order valence-electron chi connectivity index (χ0n) is 9.90. The predicted octanol–water partition coefficient (Wildman–Crippen LogP) is 0.741. The van der Waals surface area contributed by atoms with E-state index in [1.54, 1.807) is 0 Å². The Morgan fingerprint density at radius 3 is 2.73 bits per heavy atom. The molecule has 1 rings (SSSR count). The minimum Gasteiger partial charge on any atom is -0.337 e. The second kappa shape index (κ2) is 5.88. The van der Waals surface area contributed by atoms with Crippen molar-refractivity contribution in [2.75, 3.05) is 13.1 Å². The molecule has 0 aromatic carbocycles. The summed E-state index contributed by atoms with van der Waals surface area (Å²) < 4.78 is 2.03. The molecular weight excluding hydrogens is 188 g/mol. The number of aryl methyl sites for hydroxylation is 1. The third-order valence-corrected chi connectivity index (χ3v) is 2.86. The van der Waals surface area contributed by atoms with Crippen LogP contribution in [-0.2, 0) is 13.6 Å². The van der Waals surface area contributed by atoms with Gasteiger partial charge in [0.1, 0.15) is 5.82 Å². The first kappa shape index (κ1) is 12.2. The van der Waals surface area contributed by atoms with Gasteiger partial charge < -0.3 is 15.6 Å². The summed E-state index contributed by atoms with van der Waals surface area (Å²) in [6.45, 7) is 6.93. The molecular formula is C11H22N4. The Hall–Kier alpha value is -0.870. The fourth-order valence-corrected chi connectivity index (χ4v) is 1.53. The van der Waals surface area contributed by atoms with E-state index in [9.17, 15) is 0 Å². The van der Waals surface area contributed by atoms with Crippen LogP contribution in [0.3, 0.4) is 0 Å². The average Bonchev–Trinajstić information content (AvgIpc) is 2.58. The number of nitrogens with one attached hydrogen (secondary N) is 1. The second-order valence-corrected chi connectivity index (χ2v) is 4.33. The number of nitrogens with zero attached hydrogens (tertiary/aromatic N) is 2. The first-order chi connectivity index (χ1) is 7.15. The topological polar surface area (TPSA) is 55.9 Å². The Kier molecular flexibility index (Phi) is 4.78. The maximum atomic E-state index is 5.70. The molecule has 1 unspecified atom stereocenters. The van der Waals surface area contributed by atoms with E-state index < -0.39 is 0 Å². The van der Waals surface area contributed by atoms with Gasteiger partial charge in [-0.05, 0) is 24.9 Å². The van der Waals surface area contributed by atoms with E-state index in [0.717, 1.165) is 25.5 Å². The quantitative estimate of drug-likeness (QED) is 0.728. The van der Waals surface area contributed by atoms with Crippen molar-refractivity contribution in [1.82, 2.24) is 14.9 Å². The van der Waals surface area contributed by atoms with Crippen LogP contribution in [0, 0.1) is 11.8 Å². The molecule has 1 heterocycles. The van der Waals surface area contributed by atoms with Crippen molar-refractivity contribution in [2.24, 2.45) is 24.6 Å². The third-order valence-electron chi connectivity index (χ3n) is 2.86. The van der Waals surface area contributed by atoms with Crippen molar-refractivity contribution < 1.29 is 0 Å². The Balaban J connectivity index is 2.29. The number of hydrogen-bond donors (Lipinski definition) is 2. The van der Waals surface area contributed by atoms with E-state index in [1.807, 2.05) is 24.0 Å². The van der Waals surface area contributed by atoms with Crippen LogP contribution in [0.15, 0.2) is 12.4 Å². The first-order valence-electron chi connectivity index (χ1n) is 5.52. The molecule has 86 valence electrons. The zero-order chi connectivity index (χ0) is 11.3. The molecule has 4 nitrogen and oxygen atoms in total. The van der Waals surface area contributed by atoms with Crippen molar-refractivity contribution in [3.05, 3.63) is 18.2 Å². The monoisotopic (exact) mass is 210 g/mol. The highest BCUT2D eigenvalue weighted by Gasteiger charge is 2.10. The first-order valence-corrected chi connectivity index (χ1v) is 5.52. The molecule has 0 fully saturated rings. The fourth-order valence-electron chi connectivity index (χ4n) is 1.53. The van der Waals surface area contributed by atoms with Crippen LogP contribution in [0.25, 0.3) is 0 Å². The van der Waals surface area contributed by atoms with E-state index in [1.165, 1.54) is 0 Å². The minimum absolute atomic E-state index is 0.547. The van der Waals surface area contributed by atoms with E-state index in [2.05, 4.69) is 24.1 Å². The van der Waals surface area contributed by atoms with E-state index >= 15 is 0 Å². The standard InChI is InChI=1S/C11H22N4/c1-9(2)10(6-12)7-13-8-11-14-4-5-15(11)3/h4-5,9-10,13H,6-8,12H2,1-3H3. The molecule has 0 aliphatic carbocycles. The summed E-state index contributed by atoms with van der Waals surface area (Å²) in [6, 6.07) is 0. The Morgan fingerprint density at radius 2 is 2.27 bits per heavy atom. The minimum atomic E-state index is 0.547. The van der Waals surface area contributed by atoms with Gasteiger partial charge in [-0.15, -0.1) is 0 Å². The lowest BCUT2D eigenvalue weighted by atomic mass is 9.96. The molecule has 3 N–H and O–H groups in total. The van der Waals surface area contributed by atoms with Crippen molar-refractivity contribution in [1.29, 1.82) is 0 Å². The Labute approximate surface area is 91.9 Å². The summed E-state index contributed by atoms with van der Waals surface area (Å²) >= 11 is 0. The molecule has 0 bridgehead atoms. The molecule has 0 aliphatic rings. The predicted molar refractivity (Wildman–Crippen MR) is 62.3 cm³/mol. The van der Waals surface area contributed by atoms with Gasteiger partial charge >= 0.3 is 0 Å². The Morgan fingerprint density at radius 1 is 1.53 bits per heavy atom. The molecule has 0 aliphatic heterocycles. The summed E-state index contributed by atoms with van der Waals surface area (Å²) in [5, 5.41) is 3.40. The largest absolute Gasteiger partial charge is 0.337 e. The highest BCUT2D eigenvalue weighted by Crippen LogP contribution is 2.07. The van der Waals surface area contributed by atoms with Gasteiger partial charge in [0, 0.05) is 19.4 Å². The van der Waals surface area contributed by atoms with Crippen molar-refractivity contribution in [3.8, 4) is 0 Å². The number of nitrogens with two attached hydrogens (primary N) is 1. The van der Waals surface area contributed by atoms with Crippen LogP contribution in [0.5, 0.6) is 0 Å². The van der Waals surface area contributed by atoms with Crippen molar-refractivity contribution in [2.45, 2.75) is 20.4 Å². The number of aromatic nitrogens is 2. The SMILES string of the molecule is CC(C)C(CN)CNCc1nccn1C. The molecule has 15 heavy (non-hydrogen) atoms. The number of imidazole rings is 1. The van der Waals surface area contributed by atoms with Crippen LogP contribution in [0.4, 0.5) is 0 Å². The smallest absolute Gasteiger partial charge is 0.122 e. The molecule has 1 atom stereocenters. The lowest BCUT2D eigenvalue weighted by molar-refractivity contribution is 0.368. The average molecular weight is 210 g/mol. The zero-order valence-corrected chi connectivity index (χ0v) is 9.90. The molecule has 0 saturated heterocycles. The van der Waals surface area contributed by atoms with E-state index in [0.29, 0.717) is 11.8 Å². The second-order valence-electron chi connectivity index (χ2n) is 4.33. The normalized spacial score (nSPS) is 13.4. The molecule has 0 spiro atoms. The van der Waals surface area contributed by atoms with Crippen LogP contribution in [0.2, 0.25) is 0 Å². The van der Waals surface area contributed by atoms with Gasteiger partial charge in [0.2, 0.25) is 0 Å². The van der Waals surface area contributed by atoms with Gasteiger partial charge in [0.05, 0.1) is 6.54 Å².